The Morgan fingerprint density at radius 2 is 1.78 bits per heavy atom. The molecule has 2 N–H and O–H groups in total. The lowest BCUT2D eigenvalue weighted by molar-refractivity contribution is -0.123. The topological polar surface area (TPSA) is 124 Å². The SMILES string of the molecule is C/C=C\C(=N/O)NC(=O)C(C)CC.CC1CCC(CCC(=O)C(C)c2ccccc2)O1.COC(=O)OC. The number of nitrogens with zero attached hydrogens (tertiary/aromatic N) is 1. The van der Waals surface area contributed by atoms with Crippen LogP contribution >= 0.6 is 0 Å². The van der Waals surface area contributed by atoms with Crippen LogP contribution in [0.15, 0.2) is 47.6 Å². The molecular weight excluding hydrogens is 476 g/mol. The standard InChI is InChI=1S/C16H22O2.C9H16N2O2.C3H6O3/c1-12-8-9-15(18-12)10-11-16(17)13(2)14-6-4-3-5-7-14;1-4-6-8(11-13)10-9(12)7(3)5-2;1-5-3(4)6-2/h3-7,12-13,15H,8-11H2,1-2H3;4,6-7,13H,5H2,1-3H3,(H,10,11,12);1-2H3/b;6-4-;. The molecule has 37 heavy (non-hydrogen) atoms. The molecule has 9 heteroatoms. The highest BCUT2D eigenvalue weighted by Gasteiger charge is 2.23. The first-order valence-electron chi connectivity index (χ1n) is 12.6. The zero-order valence-electron chi connectivity index (χ0n) is 23.2. The molecule has 2 rings (SSSR count). The maximum Gasteiger partial charge on any atom is 0.507 e. The van der Waals surface area contributed by atoms with Crippen molar-refractivity contribution in [1.82, 2.24) is 5.32 Å². The summed E-state index contributed by atoms with van der Waals surface area (Å²) < 4.78 is 13.8. The van der Waals surface area contributed by atoms with E-state index >= 15 is 0 Å². The molecule has 4 atom stereocenters. The number of hydrogen-bond acceptors (Lipinski definition) is 8. The smallest absolute Gasteiger partial charge is 0.438 e. The monoisotopic (exact) mass is 520 g/mol. The summed E-state index contributed by atoms with van der Waals surface area (Å²) in [6.07, 6.45) is 7.74. The Bertz CT molecular complexity index is 849. The van der Waals surface area contributed by atoms with Gasteiger partial charge in [-0.25, -0.2) is 4.79 Å². The molecule has 0 saturated carbocycles. The number of allylic oxidation sites excluding steroid dienone is 1. The van der Waals surface area contributed by atoms with Crippen LogP contribution < -0.4 is 5.32 Å². The fourth-order valence-corrected chi connectivity index (χ4v) is 3.32. The second kappa shape index (κ2) is 19.9. The Hall–Kier alpha value is -3.20. The molecule has 1 amide bonds. The molecule has 1 aromatic rings. The normalized spacial score (nSPS) is 18.4. The van der Waals surface area contributed by atoms with E-state index in [1.807, 2.05) is 51.1 Å². The largest absolute Gasteiger partial charge is 0.507 e. The molecule has 9 nitrogen and oxygen atoms in total. The van der Waals surface area contributed by atoms with Crippen LogP contribution in [-0.4, -0.2) is 55.3 Å². The van der Waals surface area contributed by atoms with E-state index in [0.717, 1.165) is 31.2 Å². The highest BCUT2D eigenvalue weighted by atomic mass is 16.7. The van der Waals surface area contributed by atoms with E-state index < -0.39 is 6.16 Å². The minimum absolute atomic E-state index is 0.00465. The average Bonchev–Trinajstić information content (AvgIpc) is 3.35. The second-order valence-corrected chi connectivity index (χ2v) is 8.73. The van der Waals surface area contributed by atoms with Gasteiger partial charge in [-0.15, -0.1) is 0 Å². The lowest BCUT2D eigenvalue weighted by Crippen LogP contribution is -2.33. The summed E-state index contributed by atoms with van der Waals surface area (Å²) in [6.45, 7) is 9.63. The third kappa shape index (κ3) is 14.8. The molecule has 0 spiro atoms. The zero-order valence-corrected chi connectivity index (χ0v) is 23.2. The lowest BCUT2D eigenvalue weighted by atomic mass is 9.93. The van der Waals surface area contributed by atoms with Crippen molar-refractivity contribution in [1.29, 1.82) is 0 Å². The van der Waals surface area contributed by atoms with Crippen molar-refractivity contribution in [2.24, 2.45) is 11.1 Å². The van der Waals surface area contributed by atoms with Crippen molar-refractivity contribution in [3.63, 3.8) is 0 Å². The van der Waals surface area contributed by atoms with Gasteiger partial charge in [0.1, 0.15) is 5.78 Å². The molecule has 0 aromatic heterocycles. The van der Waals surface area contributed by atoms with Crippen molar-refractivity contribution in [3.8, 4) is 0 Å². The van der Waals surface area contributed by atoms with Gasteiger partial charge >= 0.3 is 6.16 Å². The minimum atomic E-state index is -0.657. The van der Waals surface area contributed by atoms with Gasteiger partial charge < -0.3 is 24.7 Å². The molecular formula is C28H44N2O7. The van der Waals surface area contributed by atoms with E-state index in [-0.39, 0.29) is 23.6 Å². The van der Waals surface area contributed by atoms with Gasteiger partial charge in [0.25, 0.3) is 0 Å². The lowest BCUT2D eigenvalue weighted by Gasteiger charge is -2.13. The van der Waals surface area contributed by atoms with E-state index in [1.54, 1.807) is 13.0 Å². The molecule has 0 radical (unpaired) electrons. The van der Waals surface area contributed by atoms with Crippen LogP contribution in [0.2, 0.25) is 0 Å². The second-order valence-electron chi connectivity index (χ2n) is 8.73. The number of nitrogens with one attached hydrogen (secondary N) is 1. The van der Waals surface area contributed by atoms with Gasteiger partial charge in [-0.2, -0.15) is 0 Å². The highest BCUT2D eigenvalue weighted by molar-refractivity contribution is 6.04. The molecule has 208 valence electrons. The van der Waals surface area contributed by atoms with Crippen LogP contribution in [0, 0.1) is 5.92 Å². The van der Waals surface area contributed by atoms with Crippen LogP contribution in [0.5, 0.6) is 0 Å². The third-order valence-corrected chi connectivity index (χ3v) is 5.89. The van der Waals surface area contributed by atoms with Gasteiger partial charge in [-0.3, -0.25) is 9.59 Å². The van der Waals surface area contributed by atoms with Crippen molar-refractivity contribution >= 4 is 23.7 Å². The molecule has 1 aromatic carbocycles. The Morgan fingerprint density at radius 1 is 1.16 bits per heavy atom. The summed E-state index contributed by atoms with van der Waals surface area (Å²) in [5.74, 6) is 0.303. The number of ketones is 1. The number of oxime groups is 1. The van der Waals surface area contributed by atoms with Gasteiger partial charge in [0.05, 0.1) is 26.4 Å². The van der Waals surface area contributed by atoms with Gasteiger partial charge in [-0.05, 0) is 51.2 Å². The highest BCUT2D eigenvalue weighted by Crippen LogP contribution is 2.25. The number of ether oxygens (including phenoxy) is 3. The maximum absolute atomic E-state index is 12.1. The number of carbonyl (C=O) groups is 3. The zero-order chi connectivity index (χ0) is 28.2. The van der Waals surface area contributed by atoms with Gasteiger partial charge in [0, 0.05) is 18.3 Å². The predicted molar refractivity (Wildman–Crippen MR) is 144 cm³/mol. The van der Waals surface area contributed by atoms with Crippen LogP contribution in [-0.2, 0) is 23.8 Å². The summed E-state index contributed by atoms with van der Waals surface area (Å²) in [5.41, 5.74) is 1.11. The Balaban J connectivity index is 0.000000598. The molecule has 1 saturated heterocycles. The van der Waals surface area contributed by atoms with Crippen molar-refractivity contribution in [2.75, 3.05) is 14.2 Å². The fraction of sp³-hybridized carbons (Fsp3) is 0.571. The van der Waals surface area contributed by atoms with E-state index in [9.17, 15) is 14.4 Å². The van der Waals surface area contributed by atoms with Crippen LogP contribution in [0.25, 0.3) is 0 Å². The van der Waals surface area contributed by atoms with Crippen LogP contribution in [0.1, 0.15) is 78.2 Å². The summed E-state index contributed by atoms with van der Waals surface area (Å²) in [7, 11) is 2.51. The average molecular weight is 521 g/mol. The molecule has 1 heterocycles. The molecule has 0 bridgehead atoms. The van der Waals surface area contributed by atoms with E-state index in [4.69, 9.17) is 9.94 Å². The number of rotatable bonds is 8. The number of amides is 1. The Labute approximate surface area is 221 Å². The number of methoxy groups -OCH3 is 2. The Morgan fingerprint density at radius 3 is 2.22 bits per heavy atom. The minimum Gasteiger partial charge on any atom is -0.438 e. The molecule has 1 fully saturated rings. The quantitative estimate of drug-likeness (QED) is 0.150. The molecule has 1 aliphatic rings. The summed E-state index contributed by atoms with van der Waals surface area (Å²) in [5, 5.41) is 13.9. The van der Waals surface area contributed by atoms with E-state index in [0.29, 0.717) is 24.4 Å². The fourth-order valence-electron chi connectivity index (χ4n) is 3.32. The summed E-state index contributed by atoms with van der Waals surface area (Å²) in [4.78, 5) is 33.1. The van der Waals surface area contributed by atoms with Gasteiger partial charge in [0.15, 0.2) is 5.84 Å². The van der Waals surface area contributed by atoms with Crippen molar-refractivity contribution in [2.45, 2.75) is 84.8 Å². The molecule has 0 aliphatic carbocycles. The number of benzene rings is 1. The van der Waals surface area contributed by atoms with Gasteiger partial charge in [-0.1, -0.05) is 62.3 Å². The molecule has 1 aliphatic heterocycles. The first-order valence-corrected chi connectivity index (χ1v) is 12.6. The number of carbonyl (C=O) groups excluding carboxylic acids is 3. The Kier molecular flexibility index (Phi) is 18.2. The maximum atomic E-state index is 12.1. The first kappa shape index (κ1) is 33.8. The number of hydrogen-bond donors (Lipinski definition) is 2. The van der Waals surface area contributed by atoms with Crippen molar-refractivity contribution < 1.29 is 33.8 Å². The first-order chi connectivity index (χ1) is 17.6. The van der Waals surface area contributed by atoms with Crippen LogP contribution in [0.3, 0.4) is 0 Å². The van der Waals surface area contributed by atoms with Gasteiger partial charge in [0.2, 0.25) is 5.91 Å². The molecule has 4 unspecified atom stereocenters. The predicted octanol–water partition coefficient (Wildman–Crippen LogP) is 5.62. The summed E-state index contributed by atoms with van der Waals surface area (Å²) in [6, 6.07) is 10.0. The van der Waals surface area contributed by atoms with E-state index in [2.05, 4.69) is 26.9 Å². The number of Topliss-reactive ketones (excluding diaryl/α,β-unsaturated/α-hetero) is 1. The third-order valence-electron chi connectivity index (χ3n) is 5.89. The summed E-state index contributed by atoms with van der Waals surface area (Å²) >= 11 is 0. The van der Waals surface area contributed by atoms with Crippen molar-refractivity contribution in [3.05, 3.63) is 48.0 Å². The van der Waals surface area contributed by atoms with Crippen LogP contribution in [0.4, 0.5) is 4.79 Å². The van der Waals surface area contributed by atoms with E-state index in [1.165, 1.54) is 20.3 Å². The number of amidine groups is 1.